The van der Waals surface area contributed by atoms with Crippen LogP contribution < -0.4 is 15.4 Å². The maximum atomic E-state index is 12.7. The molecule has 0 bridgehead atoms. The van der Waals surface area contributed by atoms with Gasteiger partial charge in [0.2, 0.25) is 5.91 Å². The maximum Gasteiger partial charge on any atom is 0.329 e. The van der Waals surface area contributed by atoms with Crippen LogP contribution in [-0.2, 0) is 9.59 Å². The molecule has 1 aliphatic heterocycles. The zero-order valence-electron chi connectivity index (χ0n) is 18.5. The highest BCUT2D eigenvalue weighted by atomic mass is 16.5. The molecule has 2 heterocycles. The van der Waals surface area contributed by atoms with E-state index in [1.807, 2.05) is 0 Å². The van der Waals surface area contributed by atoms with Gasteiger partial charge in [0.25, 0.3) is 5.91 Å². The Kier molecular flexibility index (Phi) is 6.26. The molecular formula is C25H21N3O6. The third-order valence-corrected chi connectivity index (χ3v) is 5.13. The molecule has 2 aromatic carbocycles. The molecule has 172 valence electrons. The van der Waals surface area contributed by atoms with E-state index in [2.05, 4.69) is 10.6 Å². The number of ketones is 1. The molecule has 0 atom stereocenters. The minimum Gasteiger partial charge on any atom is -0.495 e. The Morgan fingerprint density at radius 3 is 2.50 bits per heavy atom. The van der Waals surface area contributed by atoms with Crippen LogP contribution in [0.5, 0.6) is 5.75 Å². The average Bonchev–Trinajstić information content (AvgIpc) is 3.40. The van der Waals surface area contributed by atoms with Gasteiger partial charge in [0, 0.05) is 17.2 Å². The van der Waals surface area contributed by atoms with Crippen LogP contribution in [0.15, 0.2) is 70.8 Å². The van der Waals surface area contributed by atoms with Crippen molar-refractivity contribution in [3.63, 3.8) is 0 Å². The number of ether oxygens (including phenoxy) is 1. The predicted molar refractivity (Wildman–Crippen MR) is 124 cm³/mol. The normalized spacial score (nSPS) is 14.3. The monoisotopic (exact) mass is 459 g/mol. The van der Waals surface area contributed by atoms with Crippen LogP contribution in [0, 0.1) is 0 Å². The number of rotatable bonds is 7. The fraction of sp³-hybridized carbons (Fsp3) is 0.120. The molecular weight excluding hydrogens is 438 g/mol. The molecule has 34 heavy (non-hydrogen) atoms. The number of amides is 4. The molecule has 2 N–H and O–H groups in total. The number of nitrogens with one attached hydrogen (secondary N) is 2. The van der Waals surface area contributed by atoms with Crippen molar-refractivity contribution in [3.05, 3.63) is 77.7 Å². The molecule has 0 aliphatic carbocycles. The van der Waals surface area contributed by atoms with Gasteiger partial charge >= 0.3 is 6.03 Å². The third kappa shape index (κ3) is 4.73. The largest absolute Gasteiger partial charge is 0.495 e. The highest BCUT2D eigenvalue weighted by Gasteiger charge is 2.35. The number of furan rings is 1. The molecule has 0 saturated carbocycles. The van der Waals surface area contributed by atoms with E-state index in [0.29, 0.717) is 28.5 Å². The van der Waals surface area contributed by atoms with Crippen molar-refractivity contribution >= 4 is 35.4 Å². The smallest absolute Gasteiger partial charge is 0.329 e. The van der Waals surface area contributed by atoms with Gasteiger partial charge in [-0.05, 0) is 31.2 Å². The first-order valence-corrected chi connectivity index (χ1v) is 10.3. The Bertz CT molecular complexity index is 1310. The van der Waals surface area contributed by atoms with Crippen LogP contribution in [0.2, 0.25) is 0 Å². The second kappa shape index (κ2) is 9.45. The lowest BCUT2D eigenvalue weighted by Crippen LogP contribution is -2.38. The van der Waals surface area contributed by atoms with Gasteiger partial charge in [-0.25, -0.2) is 9.69 Å². The van der Waals surface area contributed by atoms with E-state index in [1.54, 1.807) is 60.7 Å². The second-order valence-corrected chi connectivity index (χ2v) is 7.46. The number of para-hydroxylation sites is 2. The van der Waals surface area contributed by atoms with E-state index in [-0.39, 0.29) is 11.5 Å². The summed E-state index contributed by atoms with van der Waals surface area (Å²) >= 11 is 0. The summed E-state index contributed by atoms with van der Waals surface area (Å²) in [6, 6.07) is 16.4. The van der Waals surface area contributed by atoms with Gasteiger partial charge in [0.05, 0.1) is 12.8 Å². The maximum absolute atomic E-state index is 12.7. The topological polar surface area (TPSA) is 118 Å². The molecule has 0 unspecified atom stereocenters. The molecule has 9 heteroatoms. The lowest BCUT2D eigenvalue weighted by molar-refractivity contribution is -0.127. The number of Topliss-reactive ketones (excluding diaryl/α,β-unsaturated/α-hetero) is 1. The Morgan fingerprint density at radius 1 is 1.06 bits per heavy atom. The zero-order valence-corrected chi connectivity index (χ0v) is 18.5. The molecule has 9 nitrogen and oxygen atoms in total. The minimum absolute atomic E-state index is 0.0112. The molecule has 1 saturated heterocycles. The average molecular weight is 459 g/mol. The summed E-state index contributed by atoms with van der Waals surface area (Å²) in [6.07, 6.45) is 1.39. The number of nitrogens with zero attached hydrogens (tertiary/aromatic N) is 1. The van der Waals surface area contributed by atoms with E-state index in [9.17, 15) is 19.2 Å². The fourth-order valence-electron chi connectivity index (χ4n) is 3.39. The van der Waals surface area contributed by atoms with Gasteiger partial charge in [-0.3, -0.25) is 14.4 Å². The first-order chi connectivity index (χ1) is 16.4. The van der Waals surface area contributed by atoms with Gasteiger partial charge < -0.3 is 19.8 Å². The van der Waals surface area contributed by atoms with Gasteiger partial charge in [0.15, 0.2) is 5.78 Å². The molecule has 1 aliphatic rings. The van der Waals surface area contributed by atoms with Gasteiger partial charge in [-0.2, -0.15) is 0 Å². The van der Waals surface area contributed by atoms with E-state index < -0.39 is 24.4 Å². The zero-order chi connectivity index (χ0) is 24.2. The number of benzene rings is 2. The quantitative estimate of drug-likeness (QED) is 0.316. The Morgan fingerprint density at radius 2 is 1.79 bits per heavy atom. The fourth-order valence-corrected chi connectivity index (χ4v) is 3.39. The standard InChI is InChI=1S/C25H21N3O6/c1-15(29)16-7-9-17(10-8-16)21-12-11-18(34-21)13-20-24(31)28(25(32)27-20)14-23(30)26-19-5-3-4-6-22(19)33-2/h3-13H,14H2,1-2H3,(H,26,30)(H,27,32)/b20-13+. The van der Waals surface area contributed by atoms with Crippen molar-refractivity contribution in [2.45, 2.75) is 6.92 Å². The minimum atomic E-state index is -0.710. The summed E-state index contributed by atoms with van der Waals surface area (Å²) < 4.78 is 10.9. The van der Waals surface area contributed by atoms with Crippen molar-refractivity contribution in [1.82, 2.24) is 10.2 Å². The van der Waals surface area contributed by atoms with Crippen molar-refractivity contribution in [2.75, 3.05) is 19.0 Å². The second-order valence-electron chi connectivity index (χ2n) is 7.46. The molecule has 4 rings (SSSR count). The molecule has 4 amide bonds. The lowest BCUT2D eigenvalue weighted by atomic mass is 10.1. The van der Waals surface area contributed by atoms with E-state index in [1.165, 1.54) is 20.1 Å². The van der Waals surface area contributed by atoms with Crippen LogP contribution in [0.25, 0.3) is 17.4 Å². The van der Waals surface area contributed by atoms with Crippen molar-refractivity contribution in [3.8, 4) is 17.1 Å². The Hall–Kier alpha value is -4.66. The lowest BCUT2D eigenvalue weighted by Gasteiger charge is -2.13. The number of methoxy groups -OCH3 is 1. The SMILES string of the molecule is COc1ccccc1NC(=O)CN1C(=O)N/C(=C/c2ccc(-c3ccc(C(C)=O)cc3)o2)C1=O. The van der Waals surface area contributed by atoms with Crippen molar-refractivity contribution < 1.29 is 28.3 Å². The van der Waals surface area contributed by atoms with Crippen LogP contribution in [-0.4, -0.2) is 42.2 Å². The highest BCUT2D eigenvalue weighted by molar-refractivity contribution is 6.15. The highest BCUT2D eigenvalue weighted by Crippen LogP contribution is 2.25. The third-order valence-electron chi connectivity index (χ3n) is 5.13. The molecule has 3 aromatic rings. The van der Waals surface area contributed by atoms with E-state index in [4.69, 9.17) is 9.15 Å². The number of carbonyl (C=O) groups excluding carboxylic acids is 4. The number of hydrogen-bond acceptors (Lipinski definition) is 6. The van der Waals surface area contributed by atoms with Crippen molar-refractivity contribution in [1.29, 1.82) is 0 Å². The van der Waals surface area contributed by atoms with E-state index >= 15 is 0 Å². The Labute approximate surface area is 195 Å². The molecule has 1 aromatic heterocycles. The Balaban J connectivity index is 1.44. The van der Waals surface area contributed by atoms with Crippen LogP contribution >= 0.6 is 0 Å². The number of imide groups is 1. The van der Waals surface area contributed by atoms with E-state index in [0.717, 1.165) is 10.5 Å². The van der Waals surface area contributed by atoms with Gasteiger partial charge in [-0.15, -0.1) is 0 Å². The summed E-state index contributed by atoms with van der Waals surface area (Å²) in [5, 5.41) is 5.09. The van der Waals surface area contributed by atoms with Crippen molar-refractivity contribution in [2.24, 2.45) is 0 Å². The van der Waals surface area contributed by atoms with Gasteiger partial charge in [0.1, 0.15) is 29.5 Å². The summed E-state index contributed by atoms with van der Waals surface area (Å²) in [5.74, 6) is 0.0973. The molecule has 1 fully saturated rings. The summed E-state index contributed by atoms with van der Waals surface area (Å²) in [4.78, 5) is 49.7. The number of urea groups is 1. The van der Waals surface area contributed by atoms with Crippen LogP contribution in [0.1, 0.15) is 23.0 Å². The first kappa shape index (κ1) is 22.5. The summed E-state index contributed by atoms with van der Waals surface area (Å²) in [6.45, 7) is 1.02. The van der Waals surface area contributed by atoms with Crippen LogP contribution in [0.4, 0.5) is 10.5 Å². The number of hydrogen-bond donors (Lipinski definition) is 2. The summed E-state index contributed by atoms with van der Waals surface area (Å²) in [5.41, 5.74) is 1.76. The predicted octanol–water partition coefficient (Wildman–Crippen LogP) is 3.69. The number of anilines is 1. The first-order valence-electron chi connectivity index (χ1n) is 10.3. The number of carbonyl (C=O) groups is 4. The molecule has 0 radical (unpaired) electrons. The summed E-state index contributed by atoms with van der Waals surface area (Å²) in [7, 11) is 1.47. The molecule has 0 spiro atoms. The van der Waals surface area contributed by atoms with Crippen LogP contribution in [0.3, 0.4) is 0 Å². The van der Waals surface area contributed by atoms with Gasteiger partial charge in [-0.1, -0.05) is 36.4 Å².